The van der Waals surface area contributed by atoms with E-state index in [1.165, 1.54) is 0 Å². The highest BCUT2D eigenvalue weighted by molar-refractivity contribution is 5.79. The topological polar surface area (TPSA) is 58.0 Å². The minimum atomic E-state index is 0.0726. The van der Waals surface area contributed by atoms with E-state index in [1.54, 1.807) is 6.07 Å². The van der Waals surface area contributed by atoms with Crippen molar-refractivity contribution in [3.63, 3.8) is 0 Å². The minimum Gasteiger partial charge on any atom is -0.501 e. The molecule has 3 rings (SSSR count). The third-order valence-electron chi connectivity index (χ3n) is 3.26. The van der Waals surface area contributed by atoms with Crippen LogP contribution >= 0.6 is 0 Å². The Labute approximate surface area is 134 Å². The third kappa shape index (κ3) is 3.66. The number of pyridine rings is 2. The number of hydrogen-bond donors (Lipinski definition) is 2. The summed E-state index contributed by atoms with van der Waals surface area (Å²) in [6, 6.07) is 14.8. The Balaban J connectivity index is 1.71. The molecule has 0 aliphatic heterocycles. The molecule has 2 N–H and O–H groups in total. The van der Waals surface area contributed by atoms with E-state index in [9.17, 15) is 5.11 Å². The number of rotatable bonds is 4. The summed E-state index contributed by atoms with van der Waals surface area (Å²) in [7, 11) is 1.84. The van der Waals surface area contributed by atoms with Crippen molar-refractivity contribution < 1.29 is 5.11 Å². The van der Waals surface area contributed by atoms with E-state index < -0.39 is 0 Å². The van der Waals surface area contributed by atoms with Crippen LogP contribution in [-0.2, 0) is 0 Å². The van der Waals surface area contributed by atoms with Gasteiger partial charge in [-0.15, -0.1) is 0 Å². The summed E-state index contributed by atoms with van der Waals surface area (Å²) in [6.07, 6.45) is 9.55. The molecule has 0 atom stereocenters. The standard InChI is InChI=1S/C19H15N3O/c1-20-19-11-6-14(13-21-19)4-2-3-5-16-8-7-15-12-17(23)9-10-18(15)22-16/h2-8,11-13,23H,1H3,(H,20,21)/b4-2+,5-3+. The number of allylic oxidation sites excluding steroid dienone is 2. The molecule has 0 amide bonds. The highest BCUT2D eigenvalue weighted by Gasteiger charge is 1.96. The van der Waals surface area contributed by atoms with Gasteiger partial charge in [0.2, 0.25) is 0 Å². The molecule has 1 aromatic carbocycles. The van der Waals surface area contributed by atoms with Gasteiger partial charge in [-0.3, -0.25) is 0 Å². The molecule has 0 saturated carbocycles. The van der Waals surface area contributed by atoms with Gasteiger partial charge in [0.05, 0.1) is 5.69 Å². The lowest BCUT2D eigenvalue weighted by Gasteiger charge is -1.98. The highest BCUT2D eigenvalue weighted by atomic mass is 16.3. The zero-order valence-corrected chi connectivity index (χ0v) is 12.6. The normalized spacial score (nSPS) is 11.2. The second-order valence-electron chi connectivity index (χ2n) is 4.90. The molecule has 0 spiro atoms. The van der Waals surface area contributed by atoms with Gasteiger partial charge in [-0.1, -0.05) is 18.2 Å². The summed E-state index contributed by atoms with van der Waals surface area (Å²) in [6.45, 7) is 0. The number of aromatic nitrogens is 2. The fourth-order valence-electron chi connectivity index (χ4n) is 2.07. The van der Waals surface area contributed by atoms with Crippen molar-refractivity contribution in [2.75, 3.05) is 12.4 Å². The fraction of sp³-hybridized carbons (Fsp3) is 0.0526. The van der Waals surface area contributed by atoms with Gasteiger partial charge in [0.15, 0.2) is 5.75 Å². The molecule has 0 unspecified atom stereocenters. The second kappa shape index (κ2) is 6.63. The lowest BCUT2D eigenvalue weighted by Crippen LogP contribution is -1.90. The second-order valence-corrected chi connectivity index (χ2v) is 4.90. The molecule has 4 heteroatoms. The Bertz CT molecular complexity index is 867. The lowest BCUT2D eigenvalue weighted by molar-refractivity contribution is 0.476. The molecule has 0 bridgehead atoms. The molecule has 0 radical (unpaired) electrons. The maximum absolute atomic E-state index is 9.37. The number of anilines is 1. The SMILES string of the molecule is CNc1ccc(/C=C/C=C/c2ccc3cc(O)c#cc3n2)cn1. The van der Waals surface area contributed by atoms with Gasteiger partial charge in [-0.05, 0) is 54.1 Å². The van der Waals surface area contributed by atoms with Crippen LogP contribution in [0.15, 0.2) is 48.7 Å². The van der Waals surface area contributed by atoms with Crippen LogP contribution in [0, 0.1) is 12.1 Å². The molecule has 3 aromatic rings. The summed E-state index contributed by atoms with van der Waals surface area (Å²) in [5.74, 6) is 0.917. The Kier molecular flexibility index (Phi) is 4.21. The van der Waals surface area contributed by atoms with Gasteiger partial charge < -0.3 is 10.4 Å². The number of hydrogen-bond acceptors (Lipinski definition) is 4. The smallest absolute Gasteiger partial charge is 0.168 e. The highest BCUT2D eigenvalue weighted by Crippen LogP contribution is 2.15. The summed E-state index contributed by atoms with van der Waals surface area (Å²) in [5, 5.41) is 13.2. The number of nitrogens with one attached hydrogen (secondary N) is 1. The van der Waals surface area contributed by atoms with E-state index in [4.69, 9.17) is 0 Å². The van der Waals surface area contributed by atoms with E-state index in [0.717, 1.165) is 22.5 Å². The Morgan fingerprint density at radius 2 is 1.96 bits per heavy atom. The summed E-state index contributed by atoms with van der Waals surface area (Å²) in [4.78, 5) is 8.69. The fourth-order valence-corrected chi connectivity index (χ4v) is 2.07. The zero-order chi connectivity index (χ0) is 16.1. The molecule has 0 aliphatic rings. The molecule has 23 heavy (non-hydrogen) atoms. The van der Waals surface area contributed by atoms with Gasteiger partial charge in [0.1, 0.15) is 11.3 Å². The predicted molar refractivity (Wildman–Crippen MR) is 92.9 cm³/mol. The third-order valence-corrected chi connectivity index (χ3v) is 3.26. The number of aromatic hydroxyl groups is 1. The molecule has 2 aromatic heterocycles. The molecule has 112 valence electrons. The van der Waals surface area contributed by atoms with Crippen molar-refractivity contribution in [1.82, 2.24) is 9.97 Å². The lowest BCUT2D eigenvalue weighted by atomic mass is 10.2. The first-order chi connectivity index (χ1) is 11.2. The first-order valence-corrected chi connectivity index (χ1v) is 7.17. The van der Waals surface area contributed by atoms with Crippen LogP contribution in [0.1, 0.15) is 11.3 Å². The van der Waals surface area contributed by atoms with Crippen LogP contribution in [0.3, 0.4) is 0 Å². The van der Waals surface area contributed by atoms with Gasteiger partial charge in [0.25, 0.3) is 0 Å². The van der Waals surface area contributed by atoms with Gasteiger partial charge in [-0.2, -0.15) is 0 Å². The Hall–Kier alpha value is -3.32. The van der Waals surface area contributed by atoms with Gasteiger partial charge in [0, 0.05) is 18.6 Å². The van der Waals surface area contributed by atoms with E-state index in [0.29, 0.717) is 5.52 Å². The Morgan fingerprint density at radius 3 is 2.74 bits per heavy atom. The van der Waals surface area contributed by atoms with E-state index in [-0.39, 0.29) is 5.75 Å². The monoisotopic (exact) mass is 301 g/mol. The van der Waals surface area contributed by atoms with Crippen molar-refractivity contribution in [2.45, 2.75) is 0 Å². The molecule has 0 aliphatic carbocycles. The van der Waals surface area contributed by atoms with E-state index >= 15 is 0 Å². The van der Waals surface area contributed by atoms with E-state index in [2.05, 4.69) is 27.4 Å². The Morgan fingerprint density at radius 1 is 1.09 bits per heavy atom. The minimum absolute atomic E-state index is 0.0726. The molecule has 2 heterocycles. The first-order valence-electron chi connectivity index (χ1n) is 7.17. The largest absolute Gasteiger partial charge is 0.501 e. The average Bonchev–Trinajstić information content (AvgIpc) is 2.59. The van der Waals surface area contributed by atoms with Crippen LogP contribution in [0.2, 0.25) is 0 Å². The number of fused-ring (bicyclic) bond motifs is 1. The van der Waals surface area contributed by atoms with Crippen molar-refractivity contribution in [3.8, 4) is 5.75 Å². The molecule has 4 nitrogen and oxygen atoms in total. The van der Waals surface area contributed by atoms with E-state index in [1.807, 2.05) is 61.8 Å². The van der Waals surface area contributed by atoms with Crippen molar-refractivity contribution >= 4 is 28.9 Å². The van der Waals surface area contributed by atoms with Crippen LogP contribution in [0.5, 0.6) is 5.75 Å². The summed E-state index contributed by atoms with van der Waals surface area (Å²) < 4.78 is 0. The van der Waals surface area contributed by atoms with Crippen LogP contribution in [0.4, 0.5) is 5.82 Å². The quantitative estimate of drug-likeness (QED) is 0.721. The summed E-state index contributed by atoms with van der Waals surface area (Å²) in [5.41, 5.74) is 2.53. The molecule has 0 saturated heterocycles. The summed E-state index contributed by atoms with van der Waals surface area (Å²) >= 11 is 0. The van der Waals surface area contributed by atoms with Crippen LogP contribution < -0.4 is 5.32 Å². The van der Waals surface area contributed by atoms with Crippen LogP contribution in [-0.4, -0.2) is 22.1 Å². The maximum atomic E-state index is 9.37. The van der Waals surface area contributed by atoms with Gasteiger partial charge >= 0.3 is 0 Å². The zero-order valence-electron chi connectivity index (χ0n) is 12.6. The van der Waals surface area contributed by atoms with Crippen molar-refractivity contribution in [1.29, 1.82) is 0 Å². The van der Waals surface area contributed by atoms with Crippen molar-refractivity contribution in [3.05, 3.63) is 72.1 Å². The van der Waals surface area contributed by atoms with Gasteiger partial charge in [-0.25, -0.2) is 9.97 Å². The first kappa shape index (κ1) is 14.6. The van der Waals surface area contributed by atoms with Crippen LogP contribution in [0.25, 0.3) is 23.1 Å². The molecule has 0 fully saturated rings. The van der Waals surface area contributed by atoms with Crippen molar-refractivity contribution in [2.24, 2.45) is 0 Å². The maximum Gasteiger partial charge on any atom is 0.168 e. The average molecular weight is 301 g/mol. The molecular formula is C19H15N3O. The predicted octanol–water partition coefficient (Wildman–Crippen LogP) is 3.70. The molecular weight excluding hydrogens is 286 g/mol. The number of nitrogens with zero attached hydrogens (tertiary/aromatic N) is 2.